The van der Waals surface area contributed by atoms with Crippen molar-refractivity contribution in [2.24, 2.45) is 10.3 Å². The van der Waals surface area contributed by atoms with Crippen LogP contribution in [0.1, 0.15) is 19.3 Å². The molecule has 0 spiro atoms. The summed E-state index contributed by atoms with van der Waals surface area (Å²) in [6.07, 6.45) is 2.90. The molecule has 0 aromatic heterocycles. The van der Waals surface area contributed by atoms with Gasteiger partial charge in [0.05, 0.1) is 25.7 Å². The van der Waals surface area contributed by atoms with Gasteiger partial charge in [-0.2, -0.15) is 0 Å². The molecule has 3 nitrogen and oxygen atoms in total. The van der Waals surface area contributed by atoms with Crippen LogP contribution in [0.2, 0.25) is 0 Å². The number of nitrogens with zero attached hydrogens (tertiary/aromatic N) is 1. The van der Waals surface area contributed by atoms with Gasteiger partial charge < -0.3 is 4.74 Å². The molecule has 0 aliphatic carbocycles. The van der Waals surface area contributed by atoms with Crippen LogP contribution in [0, 0.1) is 5.92 Å². The van der Waals surface area contributed by atoms with E-state index in [2.05, 4.69) is 9.10 Å². The first-order chi connectivity index (χ1) is 6.26. The molecule has 0 radical (unpaired) electrons. The van der Waals surface area contributed by atoms with Crippen molar-refractivity contribution in [3.05, 3.63) is 0 Å². The Morgan fingerprint density at radius 1 is 1.54 bits per heavy atom. The molecule has 0 unspecified atom stereocenters. The Kier molecular flexibility index (Phi) is 4.42. The minimum atomic E-state index is -0.0651. The van der Waals surface area contributed by atoms with Crippen molar-refractivity contribution in [3.8, 4) is 0 Å². The largest absolute Gasteiger partial charge is 0.469 e. The summed E-state index contributed by atoms with van der Waals surface area (Å²) in [5, 5.41) is 0. The second-order valence-electron chi connectivity index (χ2n) is 3.38. The molecule has 0 amide bonds. The number of hydrogen-bond donors (Lipinski definition) is 0. The molecule has 0 aromatic rings. The van der Waals surface area contributed by atoms with E-state index >= 15 is 0 Å². The van der Waals surface area contributed by atoms with E-state index in [9.17, 15) is 4.79 Å². The maximum atomic E-state index is 11.0. The molecule has 1 heterocycles. The SMILES string of the molecule is CN=[SH+]1CCC(CC(=O)OC)CC1. The van der Waals surface area contributed by atoms with Crippen LogP contribution in [0.15, 0.2) is 4.36 Å². The van der Waals surface area contributed by atoms with Crippen molar-refractivity contribution in [1.29, 1.82) is 0 Å². The molecule has 0 bridgehead atoms. The molecule has 0 N–H and O–H groups in total. The lowest BCUT2D eigenvalue weighted by Gasteiger charge is -2.18. The zero-order chi connectivity index (χ0) is 9.68. The van der Waals surface area contributed by atoms with Crippen molar-refractivity contribution in [3.63, 3.8) is 0 Å². The van der Waals surface area contributed by atoms with Gasteiger partial charge in [-0.15, -0.1) is 4.36 Å². The summed E-state index contributed by atoms with van der Waals surface area (Å²) in [7, 11) is 3.31. The van der Waals surface area contributed by atoms with E-state index in [0.29, 0.717) is 12.3 Å². The first-order valence-electron chi connectivity index (χ1n) is 4.67. The lowest BCUT2D eigenvalue weighted by atomic mass is 9.99. The second kappa shape index (κ2) is 5.37. The van der Waals surface area contributed by atoms with Crippen molar-refractivity contribution in [2.45, 2.75) is 19.3 Å². The normalized spacial score (nSPS) is 28.2. The molecule has 0 atom stereocenters. The number of thiol groups is 1. The lowest BCUT2D eigenvalue weighted by Crippen LogP contribution is -2.21. The number of ether oxygens (including phenoxy) is 1. The minimum Gasteiger partial charge on any atom is -0.469 e. The molecule has 0 aromatic carbocycles. The highest BCUT2D eigenvalue weighted by Gasteiger charge is 2.22. The molecule has 1 aliphatic heterocycles. The van der Waals surface area contributed by atoms with Crippen molar-refractivity contribution in [1.82, 2.24) is 0 Å². The first kappa shape index (κ1) is 10.7. The highest BCUT2D eigenvalue weighted by molar-refractivity contribution is 7.87. The molecule has 4 heteroatoms. The number of hydrogen-bond acceptors (Lipinski definition) is 3. The van der Waals surface area contributed by atoms with Gasteiger partial charge in [-0.05, 0) is 29.5 Å². The number of carbonyl (C=O) groups excluding carboxylic acids is 1. The van der Waals surface area contributed by atoms with Crippen LogP contribution in [0.5, 0.6) is 0 Å². The fraction of sp³-hybridized carbons (Fsp3) is 0.889. The quantitative estimate of drug-likeness (QED) is 0.384. The Bertz CT molecular complexity index is 206. The Balaban J connectivity index is 2.29. The molecule has 1 aliphatic rings. The van der Waals surface area contributed by atoms with Crippen LogP contribution in [-0.2, 0) is 20.2 Å². The molecule has 13 heavy (non-hydrogen) atoms. The molecule has 1 rings (SSSR count). The topological polar surface area (TPSA) is 38.7 Å². The smallest absolute Gasteiger partial charge is 0.305 e. The Labute approximate surface area is 82.0 Å². The van der Waals surface area contributed by atoms with Gasteiger partial charge in [0.2, 0.25) is 0 Å². The molecular weight excluding hydrogens is 186 g/mol. The standard InChI is InChI=1S/C9H17NO2S/c1-10-13-5-3-8(4-6-13)7-9(11)12-2/h8H,3-7H2,1-2H3/p+1. The first-order valence-corrected chi connectivity index (χ1v) is 6.34. The summed E-state index contributed by atoms with van der Waals surface area (Å²) in [5.41, 5.74) is 0. The van der Waals surface area contributed by atoms with E-state index in [1.807, 2.05) is 7.05 Å². The van der Waals surface area contributed by atoms with Gasteiger partial charge in [-0.3, -0.25) is 4.79 Å². The highest BCUT2D eigenvalue weighted by atomic mass is 32.2. The molecular formula is C9H18NO2S+. The number of carbonyl (C=O) groups is 1. The van der Waals surface area contributed by atoms with Gasteiger partial charge in [-0.1, -0.05) is 0 Å². The summed E-state index contributed by atoms with van der Waals surface area (Å²) in [5.74, 6) is 2.89. The third-order valence-corrected chi connectivity index (χ3v) is 4.67. The molecule has 76 valence electrons. The molecule has 1 saturated heterocycles. The van der Waals surface area contributed by atoms with Crippen LogP contribution in [0.4, 0.5) is 0 Å². The van der Waals surface area contributed by atoms with E-state index in [-0.39, 0.29) is 16.7 Å². The average molecular weight is 204 g/mol. The van der Waals surface area contributed by atoms with Gasteiger partial charge in [0.15, 0.2) is 0 Å². The molecule has 0 saturated carbocycles. The van der Waals surface area contributed by atoms with Crippen LogP contribution in [-0.4, -0.2) is 31.6 Å². The zero-order valence-electron chi connectivity index (χ0n) is 8.32. The van der Waals surface area contributed by atoms with E-state index < -0.39 is 0 Å². The number of rotatable bonds is 2. The fourth-order valence-electron chi connectivity index (χ4n) is 1.64. The monoisotopic (exact) mass is 204 g/mol. The Morgan fingerprint density at radius 2 is 2.15 bits per heavy atom. The summed E-state index contributed by atoms with van der Waals surface area (Å²) < 4.78 is 8.98. The summed E-state index contributed by atoms with van der Waals surface area (Å²) in [4.78, 5) is 11.0. The van der Waals surface area contributed by atoms with Crippen LogP contribution in [0.3, 0.4) is 0 Å². The van der Waals surface area contributed by atoms with Gasteiger partial charge >= 0.3 is 5.97 Å². The Hall–Kier alpha value is -0.380. The predicted molar refractivity (Wildman–Crippen MR) is 56.2 cm³/mol. The number of esters is 1. The molecule has 1 fully saturated rings. The highest BCUT2D eigenvalue weighted by Crippen LogP contribution is 2.21. The van der Waals surface area contributed by atoms with Crippen molar-refractivity contribution in [2.75, 3.05) is 25.7 Å². The second-order valence-corrected chi connectivity index (χ2v) is 5.68. The number of methoxy groups -OCH3 is 1. The van der Waals surface area contributed by atoms with Crippen molar-refractivity contribution < 1.29 is 9.53 Å². The van der Waals surface area contributed by atoms with E-state index in [1.165, 1.54) is 18.6 Å². The third-order valence-electron chi connectivity index (χ3n) is 2.56. The summed E-state index contributed by atoms with van der Waals surface area (Å²) in [6.45, 7) is 0. The zero-order valence-corrected chi connectivity index (χ0v) is 9.22. The summed E-state index contributed by atoms with van der Waals surface area (Å²) in [6, 6.07) is 0. The average Bonchev–Trinajstić information content (AvgIpc) is 2.19. The van der Waals surface area contributed by atoms with Gasteiger partial charge in [0, 0.05) is 6.42 Å². The van der Waals surface area contributed by atoms with E-state index in [4.69, 9.17) is 0 Å². The maximum absolute atomic E-state index is 11.0. The van der Waals surface area contributed by atoms with Crippen LogP contribution < -0.4 is 0 Å². The van der Waals surface area contributed by atoms with Gasteiger partial charge in [0.25, 0.3) is 0 Å². The Morgan fingerprint density at radius 3 is 2.62 bits per heavy atom. The van der Waals surface area contributed by atoms with Gasteiger partial charge in [-0.25, -0.2) is 0 Å². The predicted octanol–water partition coefficient (Wildman–Crippen LogP) is 1.12. The maximum Gasteiger partial charge on any atom is 0.305 e. The van der Waals surface area contributed by atoms with Crippen LogP contribution >= 0.6 is 0 Å². The van der Waals surface area contributed by atoms with Crippen molar-refractivity contribution >= 4 is 16.7 Å². The van der Waals surface area contributed by atoms with Crippen LogP contribution in [0.25, 0.3) is 0 Å². The third kappa shape index (κ3) is 3.46. The van der Waals surface area contributed by atoms with E-state index in [1.54, 1.807) is 0 Å². The fourth-order valence-corrected chi connectivity index (χ4v) is 3.59. The minimum absolute atomic E-state index is 0.0525. The van der Waals surface area contributed by atoms with E-state index in [0.717, 1.165) is 12.8 Å². The van der Waals surface area contributed by atoms with Gasteiger partial charge in [0.1, 0.15) is 0 Å². The summed E-state index contributed by atoms with van der Waals surface area (Å²) >= 11 is 0. The lowest BCUT2D eigenvalue weighted by molar-refractivity contribution is -0.141.